The molecular weight excluding hydrogens is 194 g/mol. The molecule has 0 saturated heterocycles. The van der Waals surface area contributed by atoms with Crippen molar-refractivity contribution in [3.8, 4) is 6.07 Å². The molecule has 0 aliphatic carbocycles. The van der Waals surface area contributed by atoms with Crippen LogP contribution in [0.15, 0.2) is 24.3 Å². The normalized spacial score (nSPS) is 9.71. The molecular formula is C11H13NOS. The second-order valence-electron chi connectivity index (χ2n) is 2.90. The lowest BCUT2D eigenvalue weighted by Gasteiger charge is -2.02. The number of aliphatic hydroxyl groups excluding tert-OH is 1. The van der Waals surface area contributed by atoms with Gasteiger partial charge >= 0.3 is 0 Å². The summed E-state index contributed by atoms with van der Waals surface area (Å²) in [6.45, 7) is 0.243. The zero-order valence-electron chi connectivity index (χ0n) is 7.94. The van der Waals surface area contributed by atoms with Gasteiger partial charge in [-0.3, -0.25) is 0 Å². The molecule has 0 bridgehead atoms. The first-order chi connectivity index (χ1) is 6.88. The van der Waals surface area contributed by atoms with E-state index in [1.165, 1.54) is 0 Å². The van der Waals surface area contributed by atoms with Crippen LogP contribution in [0.3, 0.4) is 0 Å². The summed E-state index contributed by atoms with van der Waals surface area (Å²) in [6, 6.07) is 9.81. The maximum atomic E-state index is 8.82. The number of benzene rings is 1. The van der Waals surface area contributed by atoms with Crippen LogP contribution in [0.5, 0.6) is 0 Å². The van der Waals surface area contributed by atoms with E-state index < -0.39 is 0 Å². The largest absolute Gasteiger partial charge is 0.396 e. The number of rotatable bonds is 5. The number of nitrogens with zero attached hydrogens (tertiary/aromatic N) is 1. The molecule has 1 aromatic rings. The Labute approximate surface area is 88.6 Å². The minimum atomic E-state index is 0.243. The van der Waals surface area contributed by atoms with Crippen molar-refractivity contribution in [2.45, 2.75) is 12.2 Å². The average molecular weight is 207 g/mol. The van der Waals surface area contributed by atoms with Crippen LogP contribution in [0, 0.1) is 11.3 Å². The van der Waals surface area contributed by atoms with Crippen LogP contribution in [0.4, 0.5) is 0 Å². The Hall–Kier alpha value is -0.980. The lowest BCUT2D eigenvalue weighted by atomic mass is 10.1. The van der Waals surface area contributed by atoms with E-state index in [-0.39, 0.29) is 6.61 Å². The fourth-order valence-electron chi connectivity index (χ4n) is 1.10. The highest BCUT2D eigenvalue weighted by Gasteiger charge is 1.99. The lowest BCUT2D eigenvalue weighted by Crippen LogP contribution is -1.90. The first-order valence-corrected chi connectivity index (χ1v) is 5.70. The number of aliphatic hydroxyl groups is 1. The summed E-state index contributed by atoms with van der Waals surface area (Å²) in [6.07, 6.45) is 0.819. The third-order valence-electron chi connectivity index (χ3n) is 1.84. The zero-order chi connectivity index (χ0) is 10.2. The molecule has 0 amide bonds. The van der Waals surface area contributed by atoms with Gasteiger partial charge in [0.15, 0.2) is 0 Å². The number of hydrogen-bond acceptors (Lipinski definition) is 3. The molecule has 0 saturated carbocycles. The molecule has 0 heterocycles. The highest BCUT2D eigenvalue weighted by molar-refractivity contribution is 7.98. The van der Waals surface area contributed by atoms with Crippen molar-refractivity contribution in [3.63, 3.8) is 0 Å². The molecule has 0 radical (unpaired) electrons. The molecule has 1 N–H and O–H groups in total. The summed E-state index contributed by atoms with van der Waals surface area (Å²) in [5.74, 6) is 1.79. The Morgan fingerprint density at radius 2 is 2.14 bits per heavy atom. The minimum Gasteiger partial charge on any atom is -0.396 e. The minimum absolute atomic E-state index is 0.243. The molecule has 0 aliphatic rings. The van der Waals surface area contributed by atoms with Crippen molar-refractivity contribution in [1.29, 1.82) is 5.26 Å². The molecule has 1 aromatic carbocycles. The Morgan fingerprint density at radius 1 is 1.36 bits per heavy atom. The Balaban J connectivity index is 2.46. The monoisotopic (exact) mass is 207 g/mol. The van der Waals surface area contributed by atoms with Gasteiger partial charge in [0.2, 0.25) is 0 Å². The molecule has 0 aromatic heterocycles. The fraction of sp³-hybridized carbons (Fsp3) is 0.364. The van der Waals surface area contributed by atoms with Gasteiger partial charge in [-0.25, -0.2) is 0 Å². The van der Waals surface area contributed by atoms with Gasteiger partial charge in [0.1, 0.15) is 0 Å². The van der Waals surface area contributed by atoms with Crippen LogP contribution < -0.4 is 0 Å². The van der Waals surface area contributed by atoms with E-state index in [0.29, 0.717) is 0 Å². The van der Waals surface area contributed by atoms with Crippen molar-refractivity contribution in [2.75, 3.05) is 12.4 Å². The first-order valence-electron chi connectivity index (χ1n) is 4.55. The number of hydrogen-bond donors (Lipinski definition) is 1. The molecule has 0 spiro atoms. The van der Waals surface area contributed by atoms with E-state index in [4.69, 9.17) is 10.4 Å². The van der Waals surface area contributed by atoms with Gasteiger partial charge in [-0.15, -0.1) is 0 Å². The van der Waals surface area contributed by atoms with Crippen LogP contribution in [0.1, 0.15) is 17.5 Å². The predicted octanol–water partition coefficient (Wildman–Crippen LogP) is 2.17. The van der Waals surface area contributed by atoms with E-state index in [9.17, 15) is 0 Å². The van der Waals surface area contributed by atoms with Crippen LogP contribution in [0.2, 0.25) is 0 Å². The Kier molecular flexibility index (Phi) is 5.13. The van der Waals surface area contributed by atoms with E-state index >= 15 is 0 Å². The zero-order valence-corrected chi connectivity index (χ0v) is 8.76. The highest BCUT2D eigenvalue weighted by atomic mass is 32.2. The third kappa shape index (κ3) is 3.41. The molecule has 0 unspecified atom stereocenters. The molecule has 3 heteroatoms. The highest BCUT2D eigenvalue weighted by Crippen LogP contribution is 2.16. The lowest BCUT2D eigenvalue weighted by molar-refractivity contribution is 0.296. The summed E-state index contributed by atoms with van der Waals surface area (Å²) >= 11 is 1.75. The van der Waals surface area contributed by atoms with Gasteiger partial charge in [0.05, 0.1) is 11.6 Å². The van der Waals surface area contributed by atoms with Crippen molar-refractivity contribution in [1.82, 2.24) is 0 Å². The quantitative estimate of drug-likeness (QED) is 0.752. The van der Waals surface area contributed by atoms with Crippen molar-refractivity contribution >= 4 is 11.8 Å². The summed E-state index contributed by atoms with van der Waals surface area (Å²) in [7, 11) is 0. The van der Waals surface area contributed by atoms with Crippen LogP contribution in [0.25, 0.3) is 0 Å². The average Bonchev–Trinajstić information content (AvgIpc) is 2.25. The second-order valence-corrected chi connectivity index (χ2v) is 4.00. The summed E-state index contributed by atoms with van der Waals surface area (Å²) in [5.41, 5.74) is 1.84. The first kappa shape index (κ1) is 11.1. The van der Waals surface area contributed by atoms with Gasteiger partial charge in [0, 0.05) is 12.4 Å². The molecule has 0 fully saturated rings. The van der Waals surface area contributed by atoms with E-state index in [1.54, 1.807) is 11.8 Å². The van der Waals surface area contributed by atoms with Gasteiger partial charge in [0.25, 0.3) is 0 Å². The standard InChI is InChI=1S/C11H13NOS/c12-8-10-4-1-2-5-11(10)9-14-7-3-6-13/h1-2,4-5,13H,3,6-7,9H2. The third-order valence-corrected chi connectivity index (χ3v) is 2.93. The van der Waals surface area contributed by atoms with Crippen molar-refractivity contribution in [3.05, 3.63) is 35.4 Å². The van der Waals surface area contributed by atoms with Gasteiger partial charge in [-0.2, -0.15) is 17.0 Å². The van der Waals surface area contributed by atoms with Crippen molar-refractivity contribution < 1.29 is 5.11 Å². The number of thioether (sulfide) groups is 1. The maximum absolute atomic E-state index is 8.82. The number of nitriles is 1. The van der Waals surface area contributed by atoms with Gasteiger partial charge in [-0.1, -0.05) is 18.2 Å². The van der Waals surface area contributed by atoms with E-state index in [0.717, 1.165) is 29.1 Å². The van der Waals surface area contributed by atoms with Crippen LogP contribution in [-0.4, -0.2) is 17.5 Å². The molecule has 1 rings (SSSR count). The van der Waals surface area contributed by atoms with Gasteiger partial charge in [-0.05, 0) is 23.8 Å². The van der Waals surface area contributed by atoms with Crippen molar-refractivity contribution in [2.24, 2.45) is 0 Å². The van der Waals surface area contributed by atoms with Gasteiger partial charge < -0.3 is 5.11 Å². The molecule has 0 aliphatic heterocycles. The fourth-order valence-corrected chi connectivity index (χ4v) is 2.05. The Bertz CT molecular complexity index is 319. The Morgan fingerprint density at radius 3 is 2.86 bits per heavy atom. The summed E-state index contributed by atoms with van der Waals surface area (Å²) in [5, 5.41) is 17.4. The second kappa shape index (κ2) is 6.47. The van der Waals surface area contributed by atoms with Crippen LogP contribution >= 0.6 is 11.8 Å². The summed E-state index contributed by atoms with van der Waals surface area (Å²) in [4.78, 5) is 0. The molecule has 14 heavy (non-hydrogen) atoms. The summed E-state index contributed by atoms with van der Waals surface area (Å²) < 4.78 is 0. The molecule has 74 valence electrons. The molecule has 2 nitrogen and oxygen atoms in total. The van der Waals surface area contributed by atoms with E-state index in [2.05, 4.69) is 6.07 Å². The SMILES string of the molecule is N#Cc1ccccc1CSCCCO. The molecule has 0 atom stereocenters. The van der Waals surface area contributed by atoms with E-state index in [1.807, 2.05) is 24.3 Å². The maximum Gasteiger partial charge on any atom is 0.0994 e. The topological polar surface area (TPSA) is 44.0 Å². The van der Waals surface area contributed by atoms with Crippen LogP contribution in [-0.2, 0) is 5.75 Å². The smallest absolute Gasteiger partial charge is 0.0994 e. The predicted molar refractivity (Wildman–Crippen MR) is 59.0 cm³/mol.